The Morgan fingerprint density at radius 1 is 1.00 bits per heavy atom. The summed E-state index contributed by atoms with van der Waals surface area (Å²) in [5.74, 6) is -0.0356. The van der Waals surface area contributed by atoms with Crippen LogP contribution in [0, 0.1) is 0 Å². The van der Waals surface area contributed by atoms with Gasteiger partial charge in [0.15, 0.2) is 11.5 Å². The Morgan fingerprint density at radius 3 is 2.34 bits per heavy atom. The molecule has 1 amide bonds. The maximum Gasteiger partial charge on any atom is 0.295 e. The van der Waals surface area contributed by atoms with E-state index in [0.717, 1.165) is 13.1 Å². The molecule has 0 saturated carbocycles. The van der Waals surface area contributed by atoms with Gasteiger partial charge in [-0.2, -0.15) is 0 Å². The number of hydrogen-bond acceptors (Lipinski definition) is 7. The fourth-order valence-electron chi connectivity index (χ4n) is 4.32. The lowest BCUT2D eigenvalue weighted by atomic mass is 9.95. The zero-order valence-corrected chi connectivity index (χ0v) is 21.0. The second-order valence-electron chi connectivity index (χ2n) is 8.09. The largest absolute Gasteiger partial charge is 0.507 e. The number of benzene rings is 2. The molecule has 2 aromatic carbocycles. The molecule has 0 radical (unpaired) electrons. The lowest BCUT2D eigenvalue weighted by Gasteiger charge is -2.28. The zero-order chi connectivity index (χ0) is 25.5. The monoisotopic (exact) mass is 482 g/mol. The van der Waals surface area contributed by atoms with Crippen molar-refractivity contribution in [3.63, 3.8) is 0 Å². The van der Waals surface area contributed by atoms with E-state index in [4.69, 9.17) is 14.2 Å². The molecule has 1 unspecified atom stereocenters. The molecule has 2 aromatic rings. The molecule has 0 aromatic heterocycles. The molecule has 0 aliphatic carbocycles. The predicted molar refractivity (Wildman–Crippen MR) is 134 cm³/mol. The predicted octanol–water partition coefficient (Wildman–Crippen LogP) is 3.87. The fraction of sp³-hybridized carbons (Fsp3) is 0.407. The van der Waals surface area contributed by atoms with Gasteiger partial charge in [0.05, 0.1) is 32.4 Å². The van der Waals surface area contributed by atoms with Gasteiger partial charge in [-0.25, -0.2) is 0 Å². The van der Waals surface area contributed by atoms with E-state index >= 15 is 0 Å². The van der Waals surface area contributed by atoms with Gasteiger partial charge in [-0.05, 0) is 49.8 Å². The van der Waals surface area contributed by atoms with Crippen LogP contribution in [-0.4, -0.2) is 73.6 Å². The molecule has 1 fully saturated rings. The molecule has 1 aliphatic heterocycles. The van der Waals surface area contributed by atoms with Crippen molar-refractivity contribution in [2.45, 2.75) is 26.8 Å². The van der Waals surface area contributed by atoms with Crippen molar-refractivity contribution in [2.75, 3.05) is 47.0 Å². The van der Waals surface area contributed by atoms with Crippen LogP contribution in [0.2, 0.25) is 0 Å². The van der Waals surface area contributed by atoms with Gasteiger partial charge in [0.25, 0.3) is 11.7 Å². The van der Waals surface area contributed by atoms with E-state index in [1.54, 1.807) is 49.6 Å². The lowest BCUT2D eigenvalue weighted by Crippen LogP contribution is -2.38. The molecule has 3 rings (SSSR count). The van der Waals surface area contributed by atoms with Gasteiger partial charge in [0.1, 0.15) is 11.5 Å². The van der Waals surface area contributed by atoms with Crippen LogP contribution in [0.15, 0.2) is 48.0 Å². The highest BCUT2D eigenvalue weighted by atomic mass is 16.5. The average Bonchev–Trinajstić information content (AvgIpc) is 3.13. The summed E-state index contributed by atoms with van der Waals surface area (Å²) in [7, 11) is 3.07. The van der Waals surface area contributed by atoms with Gasteiger partial charge in [-0.3, -0.25) is 9.59 Å². The molecule has 1 atom stereocenters. The number of aliphatic hydroxyl groups is 1. The van der Waals surface area contributed by atoms with Gasteiger partial charge in [-0.1, -0.05) is 32.0 Å². The van der Waals surface area contributed by atoms with Crippen molar-refractivity contribution in [1.29, 1.82) is 0 Å². The second kappa shape index (κ2) is 11.8. The van der Waals surface area contributed by atoms with E-state index in [9.17, 15) is 14.7 Å². The van der Waals surface area contributed by atoms with Gasteiger partial charge < -0.3 is 29.1 Å². The number of likely N-dealkylation sites (N-methyl/N-ethyl adjacent to an activating group) is 1. The first-order valence-corrected chi connectivity index (χ1v) is 11.9. The molecule has 1 heterocycles. The van der Waals surface area contributed by atoms with Crippen LogP contribution in [0.3, 0.4) is 0 Å². The maximum absolute atomic E-state index is 13.3. The summed E-state index contributed by atoms with van der Waals surface area (Å²) in [6.07, 6.45) is 0. The lowest BCUT2D eigenvalue weighted by molar-refractivity contribution is -0.140. The first-order chi connectivity index (χ1) is 16.9. The van der Waals surface area contributed by atoms with E-state index in [1.165, 1.54) is 12.0 Å². The van der Waals surface area contributed by atoms with Crippen molar-refractivity contribution in [2.24, 2.45) is 0 Å². The molecule has 0 spiro atoms. The SMILES string of the molecule is CCOc1cccc(C(O)=C2C(=O)C(=O)N(CCN(CC)CC)C2c2ccc(OC)c(OC)c2)c1. The Morgan fingerprint density at radius 2 is 1.71 bits per heavy atom. The highest BCUT2D eigenvalue weighted by Gasteiger charge is 2.46. The van der Waals surface area contributed by atoms with E-state index in [2.05, 4.69) is 18.7 Å². The first-order valence-electron chi connectivity index (χ1n) is 11.9. The Hall–Kier alpha value is -3.52. The number of carbonyl (C=O) groups excluding carboxylic acids is 2. The van der Waals surface area contributed by atoms with Crippen LogP contribution < -0.4 is 14.2 Å². The molecule has 188 valence electrons. The molecular formula is C27H34N2O6. The normalized spacial score (nSPS) is 17.2. The zero-order valence-electron chi connectivity index (χ0n) is 21.0. The maximum atomic E-state index is 13.3. The van der Waals surface area contributed by atoms with Crippen LogP contribution in [0.4, 0.5) is 0 Å². The topological polar surface area (TPSA) is 88.5 Å². The van der Waals surface area contributed by atoms with E-state index in [0.29, 0.717) is 48.1 Å². The minimum atomic E-state index is -0.777. The number of likely N-dealkylation sites (tertiary alicyclic amines) is 1. The van der Waals surface area contributed by atoms with Crippen molar-refractivity contribution in [3.8, 4) is 17.2 Å². The molecular weight excluding hydrogens is 448 g/mol. The number of carbonyl (C=O) groups is 2. The Kier molecular flexibility index (Phi) is 8.76. The number of nitrogens with zero attached hydrogens (tertiary/aromatic N) is 2. The van der Waals surface area contributed by atoms with E-state index < -0.39 is 17.7 Å². The third-order valence-electron chi connectivity index (χ3n) is 6.23. The van der Waals surface area contributed by atoms with Gasteiger partial charge >= 0.3 is 0 Å². The van der Waals surface area contributed by atoms with Crippen molar-refractivity contribution in [1.82, 2.24) is 9.80 Å². The van der Waals surface area contributed by atoms with Crippen LogP contribution >= 0.6 is 0 Å². The third-order valence-corrected chi connectivity index (χ3v) is 6.23. The standard InChI is InChI=1S/C27H34N2O6/c1-6-28(7-2)14-15-29-24(18-12-13-21(33-4)22(17-18)34-5)23(26(31)27(29)32)25(30)19-10-9-11-20(16-19)35-8-3/h9-13,16-17,24,30H,6-8,14-15H2,1-5H3. The Labute approximate surface area is 206 Å². The van der Waals surface area contributed by atoms with Gasteiger partial charge in [0, 0.05) is 18.7 Å². The van der Waals surface area contributed by atoms with Crippen LogP contribution in [0.1, 0.15) is 37.9 Å². The highest BCUT2D eigenvalue weighted by molar-refractivity contribution is 6.46. The van der Waals surface area contributed by atoms with E-state index in [-0.39, 0.29) is 11.3 Å². The smallest absolute Gasteiger partial charge is 0.295 e. The molecule has 8 heteroatoms. The summed E-state index contributed by atoms with van der Waals surface area (Å²) >= 11 is 0. The first kappa shape index (κ1) is 26.1. The number of rotatable bonds is 11. The summed E-state index contributed by atoms with van der Waals surface area (Å²) < 4.78 is 16.4. The van der Waals surface area contributed by atoms with Gasteiger partial charge in [0.2, 0.25) is 0 Å². The van der Waals surface area contributed by atoms with Crippen LogP contribution in [-0.2, 0) is 9.59 Å². The second-order valence-corrected chi connectivity index (χ2v) is 8.09. The summed E-state index contributed by atoms with van der Waals surface area (Å²) in [6, 6.07) is 11.3. The molecule has 1 saturated heterocycles. The molecule has 35 heavy (non-hydrogen) atoms. The van der Waals surface area contributed by atoms with Crippen molar-refractivity contribution < 1.29 is 28.9 Å². The van der Waals surface area contributed by atoms with E-state index in [1.807, 2.05) is 6.92 Å². The Balaban J connectivity index is 2.15. The van der Waals surface area contributed by atoms with Crippen molar-refractivity contribution >= 4 is 17.4 Å². The molecule has 1 aliphatic rings. The molecule has 1 N–H and O–H groups in total. The Bertz CT molecular complexity index is 1090. The third kappa shape index (κ3) is 5.43. The fourth-order valence-corrected chi connectivity index (χ4v) is 4.32. The van der Waals surface area contributed by atoms with Crippen LogP contribution in [0.25, 0.3) is 5.76 Å². The van der Waals surface area contributed by atoms with Crippen LogP contribution in [0.5, 0.6) is 17.2 Å². The number of Topliss-reactive ketones (excluding diaryl/α,β-unsaturated/α-hetero) is 1. The summed E-state index contributed by atoms with van der Waals surface area (Å²) in [5, 5.41) is 11.3. The minimum absolute atomic E-state index is 0.0374. The number of methoxy groups -OCH3 is 2. The number of amides is 1. The molecule has 8 nitrogen and oxygen atoms in total. The quantitative estimate of drug-likeness (QED) is 0.296. The summed E-state index contributed by atoms with van der Waals surface area (Å²) in [6.45, 7) is 9.02. The number of hydrogen-bond donors (Lipinski definition) is 1. The van der Waals surface area contributed by atoms with Crippen molar-refractivity contribution in [3.05, 3.63) is 59.2 Å². The number of aliphatic hydroxyl groups excluding tert-OH is 1. The number of ether oxygens (including phenoxy) is 3. The summed E-state index contributed by atoms with van der Waals surface area (Å²) in [4.78, 5) is 30.2. The van der Waals surface area contributed by atoms with Gasteiger partial charge in [-0.15, -0.1) is 0 Å². The summed E-state index contributed by atoms with van der Waals surface area (Å²) in [5.41, 5.74) is 1.09. The molecule has 0 bridgehead atoms. The highest BCUT2D eigenvalue weighted by Crippen LogP contribution is 2.42. The average molecular weight is 483 g/mol. The number of ketones is 1. The minimum Gasteiger partial charge on any atom is -0.507 e.